The molecule has 2 N–H and O–H groups in total. The van der Waals surface area contributed by atoms with Crippen molar-refractivity contribution in [3.8, 4) is 0 Å². The molecule has 1 aliphatic heterocycles. The Balaban J connectivity index is 0.00000208. The van der Waals surface area contributed by atoms with Crippen molar-refractivity contribution in [2.24, 2.45) is 5.73 Å². The predicted octanol–water partition coefficient (Wildman–Crippen LogP) is 3.27. The van der Waals surface area contributed by atoms with E-state index in [-0.39, 0.29) is 24.4 Å². The maximum Gasteiger partial charge on any atom is 0.274 e. The van der Waals surface area contributed by atoms with Crippen LogP contribution in [0.4, 0.5) is 0 Å². The number of likely N-dealkylation sites (tertiary alicyclic amines) is 1. The van der Waals surface area contributed by atoms with Crippen LogP contribution in [0.1, 0.15) is 23.3 Å². The summed E-state index contributed by atoms with van der Waals surface area (Å²) in [5.41, 5.74) is 6.27. The fourth-order valence-electron chi connectivity index (χ4n) is 2.49. The topological polar surface area (TPSA) is 72.1 Å². The number of hydrogen-bond acceptors (Lipinski definition) is 5. The van der Waals surface area contributed by atoms with Crippen molar-refractivity contribution in [1.82, 2.24) is 15.1 Å². The Kier molecular flexibility index (Phi) is 6.86. The molecule has 1 amide bonds. The van der Waals surface area contributed by atoms with Crippen LogP contribution >= 0.6 is 35.8 Å². The number of piperidine rings is 1. The van der Waals surface area contributed by atoms with Gasteiger partial charge in [0.25, 0.3) is 5.91 Å². The molecular formula is C16H18Cl2N4OS. The molecule has 1 saturated heterocycles. The molecule has 3 rings (SSSR count). The number of carbonyl (C=O) groups is 1. The maximum atomic E-state index is 12.4. The number of carbonyl (C=O) groups excluding carboxylic acids is 1. The highest BCUT2D eigenvalue weighted by Gasteiger charge is 2.23. The van der Waals surface area contributed by atoms with Crippen molar-refractivity contribution in [1.29, 1.82) is 0 Å². The third-order valence-electron chi connectivity index (χ3n) is 3.66. The second-order valence-electron chi connectivity index (χ2n) is 5.44. The van der Waals surface area contributed by atoms with E-state index in [2.05, 4.69) is 10.2 Å². The number of hydrogen-bond donors (Lipinski definition) is 1. The van der Waals surface area contributed by atoms with Crippen LogP contribution < -0.4 is 5.73 Å². The van der Waals surface area contributed by atoms with Crippen LogP contribution in [-0.4, -0.2) is 40.1 Å². The molecule has 24 heavy (non-hydrogen) atoms. The first-order chi connectivity index (χ1) is 11.1. The van der Waals surface area contributed by atoms with Crippen molar-refractivity contribution in [3.05, 3.63) is 47.1 Å². The molecule has 0 bridgehead atoms. The largest absolute Gasteiger partial charge is 0.336 e. The Morgan fingerprint density at radius 3 is 2.71 bits per heavy atom. The summed E-state index contributed by atoms with van der Waals surface area (Å²) in [6.07, 6.45) is 1.89. The van der Waals surface area contributed by atoms with E-state index in [1.54, 1.807) is 17.0 Å². The summed E-state index contributed by atoms with van der Waals surface area (Å²) in [5.74, 6) is -0.109. The van der Waals surface area contributed by atoms with Crippen molar-refractivity contribution in [2.45, 2.75) is 28.8 Å². The van der Waals surface area contributed by atoms with E-state index in [1.807, 2.05) is 24.3 Å². The number of rotatable bonds is 3. The average Bonchev–Trinajstić information content (AvgIpc) is 2.57. The van der Waals surface area contributed by atoms with Crippen LogP contribution in [0.15, 0.2) is 46.3 Å². The third-order valence-corrected chi connectivity index (χ3v) is 5.10. The Labute approximate surface area is 156 Å². The Morgan fingerprint density at radius 2 is 2.04 bits per heavy atom. The highest BCUT2D eigenvalue weighted by Crippen LogP contribution is 2.31. The molecule has 1 atom stereocenters. The standard InChI is InChI=1S/C16H17ClN4OS.ClH/c17-12-5-1-2-6-14(12)23-15-8-7-13(19-20-15)16(22)21-9-3-4-11(18)10-21;/h1-2,5-8,11H,3-4,9-10,18H2;1H. The number of amides is 1. The number of benzene rings is 1. The zero-order valence-electron chi connectivity index (χ0n) is 12.9. The summed E-state index contributed by atoms with van der Waals surface area (Å²) < 4.78 is 0. The second kappa shape index (κ2) is 8.67. The van der Waals surface area contributed by atoms with E-state index in [9.17, 15) is 4.79 Å². The lowest BCUT2D eigenvalue weighted by molar-refractivity contribution is 0.0701. The molecule has 1 fully saturated rings. The Hall–Kier alpha value is -1.34. The first-order valence-electron chi connectivity index (χ1n) is 7.44. The number of nitrogens with two attached hydrogens (primary N) is 1. The van der Waals surface area contributed by atoms with Gasteiger partial charge < -0.3 is 10.6 Å². The van der Waals surface area contributed by atoms with Gasteiger partial charge in [-0.15, -0.1) is 22.6 Å². The van der Waals surface area contributed by atoms with E-state index in [1.165, 1.54) is 11.8 Å². The van der Waals surface area contributed by atoms with Gasteiger partial charge in [0.15, 0.2) is 5.69 Å². The number of aromatic nitrogens is 2. The van der Waals surface area contributed by atoms with Crippen LogP contribution in [0.5, 0.6) is 0 Å². The molecule has 1 aliphatic rings. The third kappa shape index (κ3) is 4.60. The van der Waals surface area contributed by atoms with Crippen molar-refractivity contribution in [2.75, 3.05) is 13.1 Å². The predicted molar refractivity (Wildman–Crippen MR) is 98.0 cm³/mol. The molecule has 0 spiro atoms. The van der Waals surface area contributed by atoms with Gasteiger partial charge in [0.2, 0.25) is 0 Å². The van der Waals surface area contributed by atoms with Crippen molar-refractivity contribution in [3.63, 3.8) is 0 Å². The lowest BCUT2D eigenvalue weighted by Crippen LogP contribution is -2.45. The normalized spacial score (nSPS) is 17.2. The smallest absolute Gasteiger partial charge is 0.274 e. The van der Waals surface area contributed by atoms with Gasteiger partial charge in [0.1, 0.15) is 5.03 Å². The van der Waals surface area contributed by atoms with E-state index in [0.29, 0.717) is 22.3 Å². The molecule has 0 saturated carbocycles. The lowest BCUT2D eigenvalue weighted by atomic mass is 10.1. The summed E-state index contributed by atoms with van der Waals surface area (Å²) >= 11 is 7.55. The molecule has 128 valence electrons. The molecule has 1 aromatic heterocycles. The molecule has 0 radical (unpaired) electrons. The molecule has 8 heteroatoms. The Bertz CT molecular complexity index is 699. The summed E-state index contributed by atoms with van der Waals surface area (Å²) in [6.45, 7) is 1.31. The monoisotopic (exact) mass is 384 g/mol. The Morgan fingerprint density at radius 1 is 1.25 bits per heavy atom. The molecule has 1 aromatic carbocycles. The first-order valence-corrected chi connectivity index (χ1v) is 8.64. The van der Waals surface area contributed by atoms with Gasteiger partial charge >= 0.3 is 0 Å². The van der Waals surface area contributed by atoms with E-state index >= 15 is 0 Å². The summed E-state index contributed by atoms with van der Waals surface area (Å²) in [4.78, 5) is 15.1. The lowest BCUT2D eigenvalue weighted by Gasteiger charge is -2.30. The van der Waals surface area contributed by atoms with E-state index < -0.39 is 0 Å². The van der Waals surface area contributed by atoms with E-state index in [0.717, 1.165) is 24.3 Å². The van der Waals surface area contributed by atoms with Crippen LogP contribution in [0, 0.1) is 0 Å². The van der Waals surface area contributed by atoms with Gasteiger partial charge in [-0.2, -0.15) is 0 Å². The molecule has 5 nitrogen and oxygen atoms in total. The summed E-state index contributed by atoms with van der Waals surface area (Å²) in [6, 6.07) is 11.1. The highest BCUT2D eigenvalue weighted by molar-refractivity contribution is 7.99. The van der Waals surface area contributed by atoms with Crippen LogP contribution in [-0.2, 0) is 0 Å². The van der Waals surface area contributed by atoms with Crippen LogP contribution in [0.25, 0.3) is 0 Å². The fraction of sp³-hybridized carbons (Fsp3) is 0.312. The van der Waals surface area contributed by atoms with Gasteiger partial charge in [-0.1, -0.05) is 35.5 Å². The quantitative estimate of drug-likeness (QED) is 0.878. The molecule has 1 unspecified atom stereocenters. The zero-order valence-corrected chi connectivity index (χ0v) is 15.3. The highest BCUT2D eigenvalue weighted by atomic mass is 35.5. The summed E-state index contributed by atoms with van der Waals surface area (Å²) in [5, 5.41) is 9.55. The second-order valence-corrected chi connectivity index (χ2v) is 6.91. The van der Waals surface area contributed by atoms with Crippen LogP contribution in [0.2, 0.25) is 5.02 Å². The molecule has 2 aromatic rings. The van der Waals surface area contributed by atoms with Gasteiger partial charge in [-0.25, -0.2) is 0 Å². The van der Waals surface area contributed by atoms with Gasteiger partial charge in [-0.3, -0.25) is 4.79 Å². The van der Waals surface area contributed by atoms with Crippen molar-refractivity contribution >= 4 is 41.7 Å². The van der Waals surface area contributed by atoms with Gasteiger partial charge in [-0.05, 0) is 37.1 Å². The van der Waals surface area contributed by atoms with Gasteiger partial charge in [0.05, 0.1) is 5.02 Å². The van der Waals surface area contributed by atoms with E-state index in [4.69, 9.17) is 17.3 Å². The van der Waals surface area contributed by atoms with Gasteiger partial charge in [0, 0.05) is 24.0 Å². The minimum atomic E-state index is -0.109. The maximum absolute atomic E-state index is 12.4. The SMILES string of the molecule is Cl.NC1CCCN(C(=O)c2ccc(Sc3ccccc3Cl)nn2)C1. The first kappa shape index (κ1) is 19.0. The fourth-order valence-corrected chi connectivity index (χ4v) is 3.49. The molecule has 0 aliphatic carbocycles. The average molecular weight is 385 g/mol. The number of nitrogens with zero attached hydrogens (tertiary/aromatic N) is 3. The molecule has 2 heterocycles. The van der Waals surface area contributed by atoms with Crippen molar-refractivity contribution < 1.29 is 4.79 Å². The molecular weight excluding hydrogens is 367 g/mol. The zero-order chi connectivity index (χ0) is 16.2. The summed E-state index contributed by atoms with van der Waals surface area (Å²) in [7, 11) is 0. The minimum Gasteiger partial charge on any atom is -0.336 e. The number of halogens is 2. The minimum absolute atomic E-state index is 0. The van der Waals surface area contributed by atoms with Crippen LogP contribution in [0.3, 0.4) is 0 Å².